The highest BCUT2D eigenvalue weighted by Crippen LogP contribution is 2.22. The van der Waals surface area contributed by atoms with Crippen LogP contribution < -0.4 is 11.1 Å². The molecule has 0 spiro atoms. The summed E-state index contributed by atoms with van der Waals surface area (Å²) >= 11 is 0. The molecule has 92 valence electrons. The van der Waals surface area contributed by atoms with Crippen LogP contribution in [0.5, 0.6) is 0 Å². The molecule has 0 amide bonds. The summed E-state index contributed by atoms with van der Waals surface area (Å²) in [6, 6.07) is 6.13. The molecule has 0 bridgehead atoms. The third-order valence-corrected chi connectivity index (χ3v) is 2.27. The van der Waals surface area contributed by atoms with Crippen molar-refractivity contribution in [2.45, 2.75) is 6.54 Å². The first-order chi connectivity index (χ1) is 8.65. The first-order valence-electron chi connectivity index (χ1n) is 5.19. The molecule has 0 atom stereocenters. The number of anilines is 2. The molecular weight excluding hydrogens is 234 g/mol. The number of nitrogens with zero attached hydrogens (tertiary/aromatic N) is 3. The van der Waals surface area contributed by atoms with E-state index in [0.29, 0.717) is 17.9 Å². The van der Waals surface area contributed by atoms with Gasteiger partial charge in [-0.25, -0.2) is 9.97 Å². The van der Waals surface area contributed by atoms with E-state index in [1.165, 1.54) is 18.5 Å². The molecule has 0 radical (unpaired) electrons. The highest BCUT2D eigenvalue weighted by Gasteiger charge is 2.08. The van der Waals surface area contributed by atoms with Crippen molar-refractivity contribution < 1.29 is 4.92 Å². The maximum absolute atomic E-state index is 10.7. The Morgan fingerprint density at radius 1 is 1.39 bits per heavy atom. The van der Waals surface area contributed by atoms with Gasteiger partial charge in [0.1, 0.15) is 6.33 Å². The van der Waals surface area contributed by atoms with Crippen molar-refractivity contribution in [2.24, 2.45) is 0 Å². The van der Waals surface area contributed by atoms with Crippen molar-refractivity contribution in [1.29, 1.82) is 0 Å². The number of nitrogens with two attached hydrogens (primary N) is 1. The lowest BCUT2D eigenvalue weighted by atomic mass is 10.2. The van der Waals surface area contributed by atoms with Crippen LogP contribution >= 0.6 is 0 Å². The van der Waals surface area contributed by atoms with Crippen LogP contribution in [0.3, 0.4) is 0 Å². The van der Waals surface area contributed by atoms with Gasteiger partial charge in [-0.3, -0.25) is 10.1 Å². The molecule has 0 saturated carbocycles. The van der Waals surface area contributed by atoms with Gasteiger partial charge >= 0.3 is 0 Å². The Balaban J connectivity index is 2.12. The first kappa shape index (κ1) is 11.8. The van der Waals surface area contributed by atoms with Crippen molar-refractivity contribution >= 4 is 17.1 Å². The highest BCUT2D eigenvalue weighted by molar-refractivity contribution is 5.61. The number of nitrogens with one attached hydrogen (secondary N) is 1. The number of nitro benzene ring substituents is 1. The molecule has 0 aliphatic carbocycles. The van der Waals surface area contributed by atoms with Crippen LogP contribution in [0.2, 0.25) is 0 Å². The standard InChI is InChI=1S/C11H11N5O2/c12-8-3-10(5-11(4-8)16(17)18)14-6-9-1-2-13-7-15-9/h1-5,7,14H,6,12H2. The Labute approximate surface area is 103 Å². The van der Waals surface area contributed by atoms with E-state index < -0.39 is 4.92 Å². The van der Waals surface area contributed by atoms with E-state index in [4.69, 9.17) is 5.73 Å². The maximum atomic E-state index is 10.7. The van der Waals surface area contributed by atoms with Crippen LogP contribution in [0.1, 0.15) is 5.69 Å². The first-order valence-corrected chi connectivity index (χ1v) is 5.19. The Morgan fingerprint density at radius 3 is 2.89 bits per heavy atom. The molecule has 1 aromatic heterocycles. The molecule has 0 saturated heterocycles. The SMILES string of the molecule is Nc1cc(NCc2ccncn2)cc([N+](=O)[O-])c1. The van der Waals surface area contributed by atoms with Gasteiger partial charge in [-0.2, -0.15) is 0 Å². The van der Waals surface area contributed by atoms with E-state index in [2.05, 4.69) is 15.3 Å². The van der Waals surface area contributed by atoms with Crippen molar-refractivity contribution in [2.75, 3.05) is 11.1 Å². The lowest BCUT2D eigenvalue weighted by molar-refractivity contribution is -0.384. The van der Waals surface area contributed by atoms with Gasteiger partial charge < -0.3 is 11.1 Å². The summed E-state index contributed by atoms with van der Waals surface area (Å²) in [5.74, 6) is 0. The van der Waals surface area contributed by atoms with Crippen molar-refractivity contribution in [3.8, 4) is 0 Å². The summed E-state index contributed by atoms with van der Waals surface area (Å²) < 4.78 is 0. The van der Waals surface area contributed by atoms with Gasteiger partial charge in [0.15, 0.2) is 0 Å². The van der Waals surface area contributed by atoms with Crippen LogP contribution in [-0.2, 0) is 6.54 Å². The molecule has 0 aliphatic rings. The molecule has 1 heterocycles. The second kappa shape index (κ2) is 5.09. The Hall–Kier alpha value is -2.70. The predicted molar refractivity (Wildman–Crippen MR) is 66.9 cm³/mol. The van der Waals surface area contributed by atoms with E-state index in [0.717, 1.165) is 5.69 Å². The summed E-state index contributed by atoms with van der Waals surface area (Å²) in [6.45, 7) is 0.448. The van der Waals surface area contributed by atoms with Gasteiger partial charge in [0.2, 0.25) is 0 Å². The summed E-state index contributed by atoms with van der Waals surface area (Å²) in [4.78, 5) is 18.0. The number of nitro groups is 1. The third-order valence-electron chi connectivity index (χ3n) is 2.27. The van der Waals surface area contributed by atoms with E-state index in [1.807, 2.05) is 0 Å². The van der Waals surface area contributed by atoms with E-state index in [9.17, 15) is 10.1 Å². The normalized spacial score (nSPS) is 10.0. The minimum absolute atomic E-state index is 0.0415. The van der Waals surface area contributed by atoms with Crippen LogP contribution in [0, 0.1) is 10.1 Å². The summed E-state index contributed by atoms with van der Waals surface area (Å²) in [5.41, 5.74) is 7.27. The number of hydrogen-bond donors (Lipinski definition) is 2. The number of rotatable bonds is 4. The van der Waals surface area contributed by atoms with Crippen molar-refractivity contribution in [3.63, 3.8) is 0 Å². The van der Waals surface area contributed by atoms with Gasteiger partial charge in [-0.1, -0.05) is 0 Å². The van der Waals surface area contributed by atoms with Gasteiger partial charge in [0, 0.05) is 29.7 Å². The lowest BCUT2D eigenvalue weighted by Crippen LogP contribution is -2.03. The third kappa shape index (κ3) is 2.91. The molecule has 3 N–H and O–H groups in total. The molecule has 0 unspecified atom stereocenters. The topological polar surface area (TPSA) is 107 Å². The van der Waals surface area contributed by atoms with Crippen molar-refractivity contribution in [1.82, 2.24) is 9.97 Å². The van der Waals surface area contributed by atoms with Crippen molar-refractivity contribution in [3.05, 3.63) is 52.6 Å². The highest BCUT2D eigenvalue weighted by atomic mass is 16.6. The van der Waals surface area contributed by atoms with Crippen LogP contribution in [-0.4, -0.2) is 14.9 Å². The summed E-state index contributed by atoms with van der Waals surface area (Å²) in [5, 5.41) is 13.7. The van der Waals surface area contributed by atoms with E-state index >= 15 is 0 Å². The van der Waals surface area contributed by atoms with Gasteiger partial charge in [-0.05, 0) is 12.1 Å². The van der Waals surface area contributed by atoms with Gasteiger partial charge in [0.05, 0.1) is 17.2 Å². The minimum Gasteiger partial charge on any atom is -0.398 e. The molecule has 18 heavy (non-hydrogen) atoms. The Bertz CT molecular complexity index is 559. The molecule has 2 aromatic rings. The maximum Gasteiger partial charge on any atom is 0.273 e. The fourth-order valence-corrected chi connectivity index (χ4v) is 1.46. The second-order valence-electron chi connectivity index (χ2n) is 3.62. The average molecular weight is 245 g/mol. The lowest BCUT2D eigenvalue weighted by Gasteiger charge is -2.06. The van der Waals surface area contributed by atoms with Crippen LogP contribution in [0.4, 0.5) is 17.1 Å². The number of hydrogen-bond acceptors (Lipinski definition) is 6. The zero-order valence-electron chi connectivity index (χ0n) is 9.41. The number of benzene rings is 1. The average Bonchev–Trinajstić information content (AvgIpc) is 2.37. The number of nitrogen functional groups attached to an aromatic ring is 1. The van der Waals surface area contributed by atoms with Crippen LogP contribution in [0.15, 0.2) is 36.8 Å². The molecular formula is C11H11N5O2. The second-order valence-corrected chi connectivity index (χ2v) is 3.62. The quantitative estimate of drug-likeness (QED) is 0.481. The molecule has 2 rings (SSSR count). The predicted octanol–water partition coefficient (Wildman–Crippen LogP) is 1.58. The molecule has 0 aliphatic heterocycles. The summed E-state index contributed by atoms with van der Waals surface area (Å²) in [7, 11) is 0. The fraction of sp³-hybridized carbons (Fsp3) is 0.0909. The van der Waals surface area contributed by atoms with E-state index in [1.54, 1.807) is 18.3 Å². The van der Waals surface area contributed by atoms with Crippen LogP contribution in [0.25, 0.3) is 0 Å². The zero-order valence-corrected chi connectivity index (χ0v) is 9.41. The van der Waals surface area contributed by atoms with Gasteiger partial charge in [0.25, 0.3) is 5.69 Å². The molecule has 7 nitrogen and oxygen atoms in total. The largest absolute Gasteiger partial charge is 0.398 e. The number of non-ortho nitro benzene ring substituents is 1. The smallest absolute Gasteiger partial charge is 0.273 e. The zero-order chi connectivity index (χ0) is 13.0. The van der Waals surface area contributed by atoms with E-state index in [-0.39, 0.29) is 5.69 Å². The Kier molecular flexibility index (Phi) is 3.33. The molecule has 0 fully saturated rings. The van der Waals surface area contributed by atoms with Gasteiger partial charge in [-0.15, -0.1) is 0 Å². The fourth-order valence-electron chi connectivity index (χ4n) is 1.46. The molecule has 1 aromatic carbocycles. The minimum atomic E-state index is -0.480. The summed E-state index contributed by atoms with van der Waals surface area (Å²) in [6.07, 6.45) is 3.07. The molecule has 7 heteroatoms. The Morgan fingerprint density at radius 2 is 2.22 bits per heavy atom. The monoisotopic (exact) mass is 245 g/mol. The number of aromatic nitrogens is 2.